The summed E-state index contributed by atoms with van der Waals surface area (Å²) in [7, 11) is 0. The fraction of sp³-hybridized carbons (Fsp3) is 0.524. The van der Waals surface area contributed by atoms with Crippen molar-refractivity contribution in [3.8, 4) is 0 Å². The highest BCUT2D eigenvalue weighted by Gasteiger charge is 2.35. The Morgan fingerprint density at radius 1 is 1.12 bits per heavy atom. The van der Waals surface area contributed by atoms with Crippen LogP contribution in [0.2, 0.25) is 0 Å². The fourth-order valence-electron chi connectivity index (χ4n) is 4.16. The number of rotatable bonds is 3. The number of likely N-dealkylation sites (tertiary alicyclic amines) is 2. The van der Waals surface area contributed by atoms with Gasteiger partial charge in [-0.05, 0) is 69.5 Å². The van der Waals surface area contributed by atoms with E-state index in [0.29, 0.717) is 32.5 Å². The van der Waals surface area contributed by atoms with Crippen LogP contribution in [-0.4, -0.2) is 58.5 Å². The lowest BCUT2D eigenvalue weighted by Crippen LogP contribution is -2.48. The molecule has 0 aliphatic carbocycles. The number of fused-ring (bicyclic) bond motifs is 1. The molecule has 5 nitrogen and oxygen atoms in total. The number of carbonyl (C=O) groups is 1. The first-order valence-corrected chi connectivity index (χ1v) is 9.64. The molecule has 26 heavy (non-hydrogen) atoms. The zero-order valence-corrected chi connectivity index (χ0v) is 15.4. The molecule has 2 saturated heterocycles. The Morgan fingerprint density at radius 3 is 2.58 bits per heavy atom. The lowest BCUT2D eigenvalue weighted by molar-refractivity contribution is -0.136. The van der Waals surface area contributed by atoms with E-state index in [9.17, 15) is 9.90 Å². The van der Waals surface area contributed by atoms with E-state index in [1.54, 1.807) is 0 Å². The highest BCUT2D eigenvalue weighted by molar-refractivity contribution is 5.80. The Kier molecular flexibility index (Phi) is 4.67. The van der Waals surface area contributed by atoms with Crippen LogP contribution in [0, 0.1) is 6.92 Å². The first-order chi connectivity index (χ1) is 12.5. The van der Waals surface area contributed by atoms with Gasteiger partial charge < -0.3 is 10.0 Å². The largest absolute Gasteiger partial charge is 0.385 e. The Morgan fingerprint density at radius 2 is 1.85 bits per heavy atom. The van der Waals surface area contributed by atoms with Crippen molar-refractivity contribution < 1.29 is 9.90 Å². The number of aliphatic hydroxyl groups is 1. The fourth-order valence-corrected chi connectivity index (χ4v) is 4.16. The van der Waals surface area contributed by atoms with Crippen LogP contribution in [0.25, 0.3) is 10.9 Å². The number of aryl methyl sites for hydroxylation is 1. The predicted molar refractivity (Wildman–Crippen MR) is 102 cm³/mol. The number of hydrogen-bond donors (Lipinski definition) is 1. The van der Waals surface area contributed by atoms with E-state index in [1.165, 1.54) is 12.8 Å². The molecule has 1 amide bonds. The minimum atomic E-state index is -0.858. The molecule has 0 bridgehead atoms. The summed E-state index contributed by atoms with van der Waals surface area (Å²) >= 11 is 0. The van der Waals surface area contributed by atoms with Gasteiger partial charge >= 0.3 is 0 Å². The SMILES string of the molecule is Cc1ccc2cc(C3(O)CCN(C(=O)CN4CCCC4)CC3)ccc2n1. The molecular formula is C21H27N3O2. The molecule has 0 atom stereocenters. The lowest BCUT2D eigenvalue weighted by Gasteiger charge is -2.39. The van der Waals surface area contributed by atoms with Gasteiger partial charge in [-0.2, -0.15) is 0 Å². The van der Waals surface area contributed by atoms with Crippen LogP contribution in [0.5, 0.6) is 0 Å². The third-order valence-electron chi connectivity index (χ3n) is 5.87. The first kappa shape index (κ1) is 17.4. The Labute approximate surface area is 154 Å². The maximum atomic E-state index is 12.5. The van der Waals surface area contributed by atoms with Crippen molar-refractivity contribution in [2.24, 2.45) is 0 Å². The average molecular weight is 353 g/mol. The van der Waals surface area contributed by atoms with Crippen molar-refractivity contribution in [1.82, 2.24) is 14.8 Å². The van der Waals surface area contributed by atoms with Gasteiger partial charge in [-0.25, -0.2) is 0 Å². The van der Waals surface area contributed by atoms with Crippen LogP contribution < -0.4 is 0 Å². The topological polar surface area (TPSA) is 56.7 Å². The Bertz CT molecular complexity index is 806. The molecule has 2 fully saturated rings. The third-order valence-corrected chi connectivity index (χ3v) is 5.87. The molecule has 0 radical (unpaired) electrons. The summed E-state index contributed by atoms with van der Waals surface area (Å²) in [4.78, 5) is 21.2. The second kappa shape index (κ2) is 6.97. The molecule has 1 aromatic heterocycles. The summed E-state index contributed by atoms with van der Waals surface area (Å²) < 4.78 is 0. The highest BCUT2D eigenvalue weighted by Crippen LogP contribution is 2.34. The molecule has 138 valence electrons. The van der Waals surface area contributed by atoms with Gasteiger partial charge in [0.1, 0.15) is 0 Å². The number of nitrogens with zero attached hydrogens (tertiary/aromatic N) is 3. The first-order valence-electron chi connectivity index (χ1n) is 9.64. The van der Waals surface area contributed by atoms with Crippen molar-refractivity contribution in [2.75, 3.05) is 32.7 Å². The second-order valence-corrected chi connectivity index (χ2v) is 7.76. The Balaban J connectivity index is 1.43. The van der Waals surface area contributed by atoms with E-state index < -0.39 is 5.60 Å². The number of amides is 1. The molecule has 2 aromatic rings. The summed E-state index contributed by atoms with van der Waals surface area (Å²) in [6.07, 6.45) is 3.57. The van der Waals surface area contributed by atoms with E-state index in [2.05, 4.69) is 16.0 Å². The van der Waals surface area contributed by atoms with E-state index in [1.807, 2.05) is 36.1 Å². The van der Waals surface area contributed by atoms with E-state index >= 15 is 0 Å². The van der Waals surface area contributed by atoms with Crippen molar-refractivity contribution >= 4 is 16.8 Å². The third kappa shape index (κ3) is 3.46. The summed E-state index contributed by atoms with van der Waals surface area (Å²) in [5.41, 5.74) is 2.02. The monoisotopic (exact) mass is 353 g/mol. The van der Waals surface area contributed by atoms with Gasteiger partial charge in [-0.1, -0.05) is 12.1 Å². The van der Waals surface area contributed by atoms with Gasteiger partial charge in [-0.3, -0.25) is 14.7 Å². The number of benzene rings is 1. The summed E-state index contributed by atoms with van der Waals surface area (Å²) in [6.45, 7) is 5.82. The number of hydrogen-bond acceptors (Lipinski definition) is 4. The lowest BCUT2D eigenvalue weighted by atomic mass is 9.84. The average Bonchev–Trinajstić information content (AvgIpc) is 3.14. The molecule has 1 aromatic carbocycles. The van der Waals surface area contributed by atoms with Crippen molar-refractivity contribution in [3.05, 3.63) is 41.6 Å². The van der Waals surface area contributed by atoms with Crippen LogP contribution in [0.4, 0.5) is 0 Å². The standard InChI is InChI=1S/C21H27N3O2/c1-16-4-5-17-14-18(6-7-19(17)22-16)21(26)8-12-24(13-9-21)20(25)15-23-10-2-3-11-23/h4-7,14,26H,2-3,8-13,15H2,1H3. The number of aromatic nitrogens is 1. The number of carbonyl (C=O) groups excluding carboxylic acids is 1. The molecule has 1 N–H and O–H groups in total. The van der Waals surface area contributed by atoms with Gasteiger partial charge in [0.25, 0.3) is 0 Å². The molecule has 5 heteroatoms. The van der Waals surface area contributed by atoms with Gasteiger partial charge in [0.15, 0.2) is 0 Å². The van der Waals surface area contributed by atoms with Crippen LogP contribution in [0.1, 0.15) is 36.9 Å². The smallest absolute Gasteiger partial charge is 0.236 e. The molecular weight excluding hydrogens is 326 g/mol. The quantitative estimate of drug-likeness (QED) is 0.921. The van der Waals surface area contributed by atoms with E-state index in [0.717, 1.165) is 35.2 Å². The minimum Gasteiger partial charge on any atom is -0.385 e. The van der Waals surface area contributed by atoms with E-state index in [4.69, 9.17) is 0 Å². The van der Waals surface area contributed by atoms with Crippen molar-refractivity contribution in [3.63, 3.8) is 0 Å². The Hall–Kier alpha value is -1.98. The van der Waals surface area contributed by atoms with Gasteiger partial charge in [0.2, 0.25) is 5.91 Å². The predicted octanol–water partition coefficient (Wildman–Crippen LogP) is 2.45. The van der Waals surface area contributed by atoms with Gasteiger partial charge in [0, 0.05) is 24.2 Å². The zero-order valence-electron chi connectivity index (χ0n) is 15.4. The van der Waals surface area contributed by atoms with Crippen LogP contribution in [-0.2, 0) is 10.4 Å². The summed E-state index contributed by atoms with van der Waals surface area (Å²) in [5, 5.41) is 12.2. The molecule has 2 aliphatic heterocycles. The van der Waals surface area contributed by atoms with Crippen LogP contribution in [0.15, 0.2) is 30.3 Å². The van der Waals surface area contributed by atoms with Crippen LogP contribution in [0.3, 0.4) is 0 Å². The van der Waals surface area contributed by atoms with Crippen molar-refractivity contribution in [2.45, 2.75) is 38.2 Å². The van der Waals surface area contributed by atoms with Crippen molar-refractivity contribution in [1.29, 1.82) is 0 Å². The molecule has 4 rings (SSSR count). The number of piperidine rings is 1. The van der Waals surface area contributed by atoms with Crippen LogP contribution >= 0.6 is 0 Å². The molecule has 0 spiro atoms. The molecule has 2 aliphatic rings. The molecule has 3 heterocycles. The maximum Gasteiger partial charge on any atom is 0.236 e. The maximum absolute atomic E-state index is 12.5. The molecule has 0 saturated carbocycles. The minimum absolute atomic E-state index is 0.201. The zero-order chi connectivity index (χ0) is 18.1. The van der Waals surface area contributed by atoms with Gasteiger partial charge in [0.05, 0.1) is 17.7 Å². The van der Waals surface area contributed by atoms with Gasteiger partial charge in [-0.15, -0.1) is 0 Å². The number of pyridine rings is 1. The summed E-state index contributed by atoms with van der Waals surface area (Å²) in [5.74, 6) is 0.201. The second-order valence-electron chi connectivity index (χ2n) is 7.76. The van der Waals surface area contributed by atoms with E-state index in [-0.39, 0.29) is 5.91 Å². The normalized spacial score (nSPS) is 20.6. The summed E-state index contributed by atoms with van der Waals surface area (Å²) in [6, 6.07) is 10.1. The highest BCUT2D eigenvalue weighted by atomic mass is 16.3. The molecule has 0 unspecified atom stereocenters.